The summed E-state index contributed by atoms with van der Waals surface area (Å²) in [5.41, 5.74) is 8.29. The number of halogens is 2. The number of pyridine rings is 2. The molecule has 13 nitrogen and oxygen atoms in total. The number of benzene rings is 6. The number of aromatic nitrogens is 2. The van der Waals surface area contributed by atoms with E-state index in [9.17, 15) is 24.3 Å². The van der Waals surface area contributed by atoms with Gasteiger partial charge in [-0.3, -0.25) is 24.4 Å². The number of ether oxygens (including phenoxy) is 2. The van der Waals surface area contributed by atoms with E-state index in [1.54, 1.807) is 53.6 Å². The van der Waals surface area contributed by atoms with Crippen molar-refractivity contribution in [3.63, 3.8) is 0 Å². The first kappa shape index (κ1) is 48.7. The second-order valence-electron chi connectivity index (χ2n) is 20.0. The third-order valence-corrected chi connectivity index (χ3v) is 15.6. The maximum Gasteiger partial charge on any atom is 0.307 e. The molecule has 2 unspecified atom stereocenters. The van der Waals surface area contributed by atoms with Crippen molar-refractivity contribution in [1.29, 1.82) is 0 Å². The number of hydroxylamine groups is 1. The zero-order chi connectivity index (χ0) is 52.2. The predicted molar refractivity (Wildman–Crippen MR) is 275 cm³/mol. The number of carbonyl (C=O) groups is 4. The normalized spacial score (nSPS) is 22.4. The molecular formula is C60H51F2N5O8. The molecule has 2 aliphatic heterocycles. The van der Waals surface area contributed by atoms with Crippen molar-refractivity contribution in [2.24, 2.45) is 22.7 Å². The van der Waals surface area contributed by atoms with Gasteiger partial charge in [0.1, 0.15) is 13.2 Å². The third kappa shape index (κ3) is 8.96. The zero-order valence-electron chi connectivity index (χ0n) is 41.0. The van der Waals surface area contributed by atoms with Crippen molar-refractivity contribution in [2.45, 2.75) is 51.0 Å². The molecule has 15 heteroatoms. The van der Waals surface area contributed by atoms with Crippen molar-refractivity contribution in [3.05, 3.63) is 192 Å². The molecule has 4 aliphatic rings. The number of nitrogens with zero attached hydrogens (tertiary/aromatic N) is 4. The lowest BCUT2D eigenvalue weighted by Gasteiger charge is -2.20. The van der Waals surface area contributed by atoms with E-state index < -0.39 is 46.2 Å². The Labute approximate surface area is 430 Å². The molecule has 12 rings (SSSR count). The van der Waals surface area contributed by atoms with Gasteiger partial charge in [0.05, 0.1) is 57.2 Å². The molecule has 6 atom stereocenters. The van der Waals surface area contributed by atoms with Gasteiger partial charge in [-0.1, -0.05) is 109 Å². The van der Waals surface area contributed by atoms with Crippen LogP contribution >= 0.6 is 0 Å². The summed E-state index contributed by atoms with van der Waals surface area (Å²) >= 11 is 0. The summed E-state index contributed by atoms with van der Waals surface area (Å²) in [6.07, 6.45) is 1.50. The number of hydrogen-bond donors (Lipinski definition) is 3. The largest absolute Gasteiger partial charge is 0.486 e. The minimum atomic E-state index is -0.948. The fourth-order valence-electron chi connectivity index (χ4n) is 11.3. The molecule has 2 saturated heterocycles. The quantitative estimate of drug-likeness (QED) is 0.0790. The van der Waals surface area contributed by atoms with E-state index in [4.69, 9.17) is 24.6 Å². The summed E-state index contributed by atoms with van der Waals surface area (Å²) < 4.78 is 42.3. The van der Waals surface area contributed by atoms with Crippen molar-refractivity contribution in [2.75, 3.05) is 14.1 Å². The Bertz CT molecular complexity index is 3570. The highest BCUT2D eigenvalue weighted by Gasteiger charge is 2.70. The average Bonchev–Trinajstić information content (AvgIpc) is 4.37. The molecule has 2 aliphatic carbocycles. The van der Waals surface area contributed by atoms with Crippen LogP contribution in [0.5, 0.6) is 11.5 Å². The molecule has 4 fully saturated rings. The molecule has 2 saturated carbocycles. The summed E-state index contributed by atoms with van der Waals surface area (Å²) in [4.78, 5) is 61.7. The van der Waals surface area contributed by atoms with Gasteiger partial charge >= 0.3 is 5.97 Å². The topological polar surface area (TPSA) is 171 Å². The lowest BCUT2D eigenvalue weighted by Crippen LogP contribution is -2.29. The summed E-state index contributed by atoms with van der Waals surface area (Å²) in [6, 6.07) is 48.0. The molecule has 75 heavy (non-hydrogen) atoms. The number of aliphatic carboxylic acids is 1. The van der Waals surface area contributed by atoms with Crippen LogP contribution in [0.25, 0.3) is 44.3 Å². The van der Waals surface area contributed by atoms with Gasteiger partial charge < -0.3 is 24.4 Å². The van der Waals surface area contributed by atoms with Gasteiger partial charge in [-0.05, 0) is 85.3 Å². The second-order valence-corrected chi connectivity index (χ2v) is 20.0. The van der Waals surface area contributed by atoms with Gasteiger partial charge in [0.25, 0.3) is 0 Å². The zero-order valence-corrected chi connectivity index (χ0v) is 41.0. The number of nitrogens with one attached hydrogen (secondary N) is 1. The van der Waals surface area contributed by atoms with Crippen molar-refractivity contribution in [1.82, 2.24) is 25.2 Å². The van der Waals surface area contributed by atoms with Crippen LogP contribution in [-0.4, -0.2) is 67.9 Å². The highest BCUT2D eigenvalue weighted by Crippen LogP contribution is 2.64. The molecule has 2 spiro atoms. The fourth-order valence-corrected chi connectivity index (χ4v) is 11.3. The fraction of sp³-hybridized carbons (Fsp3) is 0.233. The summed E-state index contributed by atoms with van der Waals surface area (Å²) in [7, 11) is 3.31. The standard InChI is InChI=1S/C30H26FN3O4.C30H25FN2O4/c1-34-26(16-30(29(34)36)15-22(30)28(35)33-37)19-11-12-27(23(31)13-19)38-17-20-14-25(18-7-3-2-4-8-18)32-24-10-6-5-9-21(20)24;1-33-26(16-30(29(33)36)15-22(30)28(34)35)19-11-12-27(23(31)13-19)37-17-20-14-25(18-7-3-2-4-8-18)32-24-10-6-5-9-21(20)24/h2-14,22,26,37H,15-17H2,1H3,(H,33,35);2-14,22,26H,15-17H2,1H3,(H,34,35)/t2*22-,26?,30-/m11/s1. The average molecular weight is 1010 g/mol. The number of hydrogen-bond acceptors (Lipinski definition) is 9. The lowest BCUT2D eigenvalue weighted by molar-refractivity contribution is -0.142. The van der Waals surface area contributed by atoms with Crippen LogP contribution in [0.1, 0.15) is 60.0 Å². The van der Waals surface area contributed by atoms with E-state index in [-0.39, 0.29) is 48.6 Å². The number of likely N-dealkylation sites (tertiary alicyclic amines) is 2. The van der Waals surface area contributed by atoms with Gasteiger partial charge in [0.2, 0.25) is 17.7 Å². The van der Waals surface area contributed by atoms with Crippen LogP contribution in [0.2, 0.25) is 0 Å². The molecule has 0 radical (unpaired) electrons. The highest BCUT2D eigenvalue weighted by molar-refractivity contribution is 5.97. The molecule has 6 aromatic carbocycles. The Morgan fingerprint density at radius 2 is 1.00 bits per heavy atom. The predicted octanol–water partition coefficient (Wildman–Crippen LogP) is 10.6. The van der Waals surface area contributed by atoms with Crippen LogP contribution in [0.3, 0.4) is 0 Å². The van der Waals surface area contributed by atoms with Crippen LogP contribution in [0.15, 0.2) is 158 Å². The lowest BCUT2D eigenvalue weighted by atomic mass is 9.95. The highest BCUT2D eigenvalue weighted by atomic mass is 19.1. The van der Waals surface area contributed by atoms with E-state index in [2.05, 4.69) is 0 Å². The number of amides is 3. The maximum atomic E-state index is 15.2. The number of carboxylic acids is 1. The SMILES string of the molecule is CN1C(=O)[C@@]2(CC1c1ccc(OCc3cc(-c4ccccc4)nc4ccccc34)c(F)c1)C[C@@H]2C(=O)NO.CN1C(=O)[C@@]2(CC1c1ccc(OCc3cc(-c4ccccc4)nc4ccccc34)c(F)c1)C[C@@H]2C(=O)O. The van der Waals surface area contributed by atoms with E-state index in [0.717, 1.165) is 55.4 Å². The van der Waals surface area contributed by atoms with Crippen molar-refractivity contribution in [3.8, 4) is 34.0 Å². The van der Waals surface area contributed by atoms with E-state index in [1.807, 2.05) is 121 Å². The van der Waals surface area contributed by atoms with Gasteiger partial charge in [-0.15, -0.1) is 0 Å². The van der Waals surface area contributed by atoms with E-state index in [0.29, 0.717) is 36.8 Å². The van der Waals surface area contributed by atoms with E-state index >= 15 is 8.78 Å². The van der Waals surface area contributed by atoms with Gasteiger partial charge in [0.15, 0.2) is 23.1 Å². The first-order valence-electron chi connectivity index (χ1n) is 24.7. The van der Waals surface area contributed by atoms with Crippen molar-refractivity contribution >= 4 is 45.5 Å². The molecule has 0 bridgehead atoms. The van der Waals surface area contributed by atoms with Crippen LogP contribution < -0.4 is 15.0 Å². The Hall–Kier alpha value is -8.56. The Balaban J connectivity index is 0.000000161. The summed E-state index contributed by atoms with van der Waals surface area (Å²) in [6.45, 7) is 0.312. The molecule has 378 valence electrons. The van der Waals surface area contributed by atoms with Gasteiger partial charge in [-0.25, -0.2) is 24.2 Å². The smallest absolute Gasteiger partial charge is 0.307 e. The number of para-hydroxylation sites is 2. The Morgan fingerprint density at radius 1 is 0.587 bits per heavy atom. The Kier molecular flexibility index (Phi) is 12.6. The maximum absolute atomic E-state index is 15.2. The van der Waals surface area contributed by atoms with Gasteiger partial charge in [0, 0.05) is 47.1 Å². The van der Waals surface area contributed by atoms with Crippen LogP contribution in [0.4, 0.5) is 8.78 Å². The minimum absolute atomic E-state index is 0.113. The number of carboxylic acid groups (broad SMARTS) is 1. The van der Waals surface area contributed by atoms with Crippen LogP contribution in [0, 0.1) is 34.3 Å². The monoisotopic (exact) mass is 1010 g/mol. The van der Waals surface area contributed by atoms with Crippen molar-refractivity contribution < 1.29 is 47.7 Å². The molecule has 3 N–H and O–H groups in total. The number of carbonyl (C=O) groups excluding carboxylic acids is 3. The molecular weight excluding hydrogens is 957 g/mol. The van der Waals surface area contributed by atoms with Gasteiger partial charge in [-0.2, -0.15) is 0 Å². The van der Waals surface area contributed by atoms with Crippen LogP contribution in [-0.2, 0) is 32.4 Å². The molecule has 2 aromatic heterocycles. The summed E-state index contributed by atoms with van der Waals surface area (Å²) in [5, 5.41) is 20.2. The first-order valence-corrected chi connectivity index (χ1v) is 24.7. The third-order valence-electron chi connectivity index (χ3n) is 15.6. The minimum Gasteiger partial charge on any atom is -0.486 e. The number of fused-ring (bicyclic) bond motifs is 2. The first-order chi connectivity index (χ1) is 36.3. The number of rotatable bonds is 12. The Morgan fingerprint density at radius 3 is 1.41 bits per heavy atom. The second kappa shape index (κ2) is 19.4. The molecule has 8 aromatic rings. The van der Waals surface area contributed by atoms with E-state index in [1.165, 1.54) is 12.1 Å². The molecule has 3 amide bonds. The molecule has 4 heterocycles. The summed E-state index contributed by atoms with van der Waals surface area (Å²) in [5.74, 6) is -3.87.